The minimum absolute atomic E-state index is 0.0195. The summed E-state index contributed by atoms with van der Waals surface area (Å²) in [5.41, 5.74) is 2.24. The number of nitrogens with one attached hydrogen (secondary N) is 2. The Morgan fingerprint density at radius 3 is 2.48 bits per heavy atom. The van der Waals surface area contributed by atoms with Gasteiger partial charge in [-0.2, -0.15) is 5.10 Å². The van der Waals surface area contributed by atoms with Gasteiger partial charge < -0.3 is 15.4 Å². The van der Waals surface area contributed by atoms with E-state index in [1.54, 1.807) is 13.3 Å². The van der Waals surface area contributed by atoms with E-state index in [1.807, 2.05) is 52.0 Å². The van der Waals surface area contributed by atoms with Gasteiger partial charge in [0.05, 0.1) is 24.7 Å². The zero-order chi connectivity index (χ0) is 22.6. The fourth-order valence-corrected chi connectivity index (χ4v) is 3.83. The second-order valence-corrected chi connectivity index (χ2v) is 9.62. The maximum absolute atomic E-state index is 12.4. The fraction of sp³-hybridized carbons (Fsp3) is 0.364. The van der Waals surface area contributed by atoms with Crippen LogP contribution in [0.2, 0.25) is 0 Å². The van der Waals surface area contributed by atoms with Gasteiger partial charge in [-0.1, -0.05) is 20.8 Å². The number of thiazole rings is 1. The summed E-state index contributed by atoms with van der Waals surface area (Å²) >= 11 is 1.42. The minimum Gasteiger partial charge on any atom is -0.497 e. The monoisotopic (exact) mass is 441 g/mol. The highest BCUT2D eigenvalue weighted by molar-refractivity contribution is 7.16. The third kappa shape index (κ3) is 6.39. The summed E-state index contributed by atoms with van der Waals surface area (Å²) in [7, 11) is 1.62. The second kappa shape index (κ2) is 9.30. The van der Waals surface area contributed by atoms with Crippen LogP contribution in [0, 0.1) is 12.3 Å². The van der Waals surface area contributed by atoms with Crippen molar-refractivity contribution in [1.82, 2.24) is 14.8 Å². The number of nitrogens with zero attached hydrogens (tertiary/aromatic N) is 3. The van der Waals surface area contributed by atoms with Crippen LogP contribution >= 0.6 is 11.3 Å². The van der Waals surface area contributed by atoms with Gasteiger partial charge in [-0.3, -0.25) is 14.3 Å². The van der Waals surface area contributed by atoms with Crippen molar-refractivity contribution in [2.75, 3.05) is 17.7 Å². The summed E-state index contributed by atoms with van der Waals surface area (Å²) in [6.07, 6.45) is 3.57. The lowest BCUT2D eigenvalue weighted by atomic mass is 9.92. The van der Waals surface area contributed by atoms with E-state index in [9.17, 15) is 9.59 Å². The number of carbonyl (C=O) groups is 2. The molecule has 9 heteroatoms. The summed E-state index contributed by atoms with van der Waals surface area (Å²) in [6.45, 7) is 7.99. The highest BCUT2D eigenvalue weighted by Gasteiger charge is 2.17. The molecule has 2 amide bonds. The molecule has 0 fully saturated rings. The normalized spacial score (nSPS) is 11.3. The fourth-order valence-electron chi connectivity index (χ4n) is 2.97. The molecule has 164 valence electrons. The molecule has 0 unspecified atom stereocenters. The van der Waals surface area contributed by atoms with Gasteiger partial charge in [-0.05, 0) is 36.6 Å². The van der Waals surface area contributed by atoms with Gasteiger partial charge in [0, 0.05) is 23.1 Å². The predicted octanol–water partition coefficient (Wildman–Crippen LogP) is 4.34. The van der Waals surface area contributed by atoms with E-state index in [1.165, 1.54) is 22.2 Å². The molecular formula is C22H27N5O3S. The molecule has 8 nitrogen and oxygen atoms in total. The molecular weight excluding hydrogens is 414 g/mol. The lowest BCUT2D eigenvalue weighted by molar-refractivity contribution is -0.118. The van der Waals surface area contributed by atoms with Gasteiger partial charge in [0.25, 0.3) is 0 Å². The van der Waals surface area contributed by atoms with E-state index in [-0.39, 0.29) is 23.8 Å². The first kappa shape index (κ1) is 22.5. The van der Waals surface area contributed by atoms with E-state index in [0.717, 1.165) is 21.9 Å². The number of benzene rings is 1. The molecule has 0 saturated heterocycles. The topological polar surface area (TPSA) is 98.1 Å². The summed E-state index contributed by atoms with van der Waals surface area (Å²) in [4.78, 5) is 30.0. The number of aryl methyl sites for hydroxylation is 1. The van der Waals surface area contributed by atoms with Crippen LogP contribution in [0.15, 0.2) is 36.7 Å². The molecule has 0 radical (unpaired) electrons. The largest absolute Gasteiger partial charge is 0.497 e. The molecule has 1 aromatic carbocycles. The van der Waals surface area contributed by atoms with Gasteiger partial charge in [0.15, 0.2) is 5.13 Å². The van der Waals surface area contributed by atoms with Crippen LogP contribution in [0.1, 0.15) is 32.1 Å². The summed E-state index contributed by atoms with van der Waals surface area (Å²) < 4.78 is 6.67. The second-order valence-electron chi connectivity index (χ2n) is 8.41. The Balaban J connectivity index is 1.59. The molecule has 3 aromatic rings. The Bertz CT molecular complexity index is 1060. The number of hydrogen-bond donors (Lipinski definition) is 2. The maximum Gasteiger partial charge on any atom is 0.247 e. The third-order valence-corrected chi connectivity index (χ3v) is 5.21. The third-order valence-electron chi connectivity index (χ3n) is 4.32. The van der Waals surface area contributed by atoms with Crippen molar-refractivity contribution in [3.8, 4) is 17.0 Å². The van der Waals surface area contributed by atoms with Crippen LogP contribution in [0.3, 0.4) is 0 Å². The number of rotatable bonds is 7. The van der Waals surface area contributed by atoms with Crippen LogP contribution in [0.5, 0.6) is 5.75 Å². The number of amides is 2. The molecule has 0 aliphatic carbocycles. The van der Waals surface area contributed by atoms with Crippen LogP contribution in [0.4, 0.5) is 10.8 Å². The molecule has 3 rings (SSSR count). The van der Waals surface area contributed by atoms with Gasteiger partial charge in [0.2, 0.25) is 11.8 Å². The van der Waals surface area contributed by atoms with Gasteiger partial charge in [-0.25, -0.2) is 4.98 Å². The van der Waals surface area contributed by atoms with Crippen molar-refractivity contribution in [2.24, 2.45) is 5.41 Å². The first-order valence-corrected chi connectivity index (χ1v) is 10.7. The number of methoxy groups -OCH3 is 1. The molecule has 0 spiro atoms. The summed E-state index contributed by atoms with van der Waals surface area (Å²) in [5, 5.41) is 10.3. The van der Waals surface area contributed by atoms with Crippen molar-refractivity contribution >= 4 is 34.0 Å². The summed E-state index contributed by atoms with van der Waals surface area (Å²) in [5.74, 6) is 0.449. The van der Waals surface area contributed by atoms with Crippen LogP contribution in [-0.2, 0) is 16.1 Å². The molecule has 2 N–H and O–H groups in total. The molecule has 31 heavy (non-hydrogen) atoms. The van der Waals surface area contributed by atoms with E-state index >= 15 is 0 Å². The van der Waals surface area contributed by atoms with Crippen molar-refractivity contribution in [1.29, 1.82) is 0 Å². The summed E-state index contributed by atoms with van der Waals surface area (Å²) in [6, 6.07) is 7.63. The molecule has 0 aliphatic heterocycles. The first-order chi connectivity index (χ1) is 14.6. The average Bonchev–Trinajstić information content (AvgIpc) is 3.26. The van der Waals surface area contributed by atoms with Crippen LogP contribution in [-0.4, -0.2) is 33.7 Å². The van der Waals surface area contributed by atoms with E-state index in [0.29, 0.717) is 17.2 Å². The van der Waals surface area contributed by atoms with E-state index in [4.69, 9.17) is 4.74 Å². The van der Waals surface area contributed by atoms with E-state index < -0.39 is 0 Å². The smallest absolute Gasteiger partial charge is 0.247 e. The number of hydrogen-bond acceptors (Lipinski definition) is 6. The number of anilines is 2. The Morgan fingerprint density at radius 1 is 1.13 bits per heavy atom. The lowest BCUT2D eigenvalue weighted by Crippen LogP contribution is -2.20. The predicted molar refractivity (Wildman–Crippen MR) is 122 cm³/mol. The Hall–Kier alpha value is -3.20. The number of ether oxygens (including phenoxy) is 1. The van der Waals surface area contributed by atoms with Crippen molar-refractivity contribution in [3.05, 3.63) is 41.5 Å². The molecule has 0 saturated carbocycles. The van der Waals surface area contributed by atoms with Gasteiger partial charge >= 0.3 is 0 Å². The van der Waals surface area contributed by atoms with Gasteiger partial charge in [-0.15, -0.1) is 11.3 Å². The zero-order valence-electron chi connectivity index (χ0n) is 18.4. The Kier molecular flexibility index (Phi) is 6.74. The Morgan fingerprint density at radius 2 is 1.84 bits per heavy atom. The highest BCUT2D eigenvalue weighted by atomic mass is 32.1. The molecule has 0 aliphatic rings. The molecule has 2 heterocycles. The van der Waals surface area contributed by atoms with Gasteiger partial charge in [0.1, 0.15) is 12.3 Å². The highest BCUT2D eigenvalue weighted by Crippen LogP contribution is 2.31. The quantitative estimate of drug-likeness (QED) is 0.568. The Labute approximate surface area is 185 Å². The average molecular weight is 442 g/mol. The van der Waals surface area contributed by atoms with Crippen LogP contribution < -0.4 is 15.4 Å². The molecule has 0 bridgehead atoms. The molecule has 0 atom stereocenters. The zero-order valence-corrected chi connectivity index (χ0v) is 19.2. The lowest BCUT2D eigenvalue weighted by Gasteiger charge is -2.16. The molecule has 2 aromatic heterocycles. The number of aromatic nitrogens is 3. The van der Waals surface area contributed by atoms with Crippen molar-refractivity contribution in [3.63, 3.8) is 0 Å². The maximum atomic E-state index is 12.4. The van der Waals surface area contributed by atoms with Crippen molar-refractivity contribution < 1.29 is 14.3 Å². The SMILES string of the molecule is COc1ccc(-c2nc(NC(=O)Cn3cc(NC(=O)CC(C)(C)C)cn3)sc2C)cc1. The first-order valence-electron chi connectivity index (χ1n) is 9.87. The van der Waals surface area contributed by atoms with E-state index in [2.05, 4.69) is 20.7 Å². The standard InChI is InChI=1S/C22H27N5O3S/c1-14-20(15-6-8-17(30-5)9-7-15)26-21(31-14)25-19(29)13-27-12-16(11-23-27)24-18(28)10-22(2,3)4/h6-9,11-12H,10,13H2,1-5H3,(H,24,28)(H,25,26,29). The number of carbonyl (C=O) groups excluding carboxylic acids is 2. The van der Waals surface area contributed by atoms with Crippen molar-refractivity contribution in [2.45, 2.75) is 40.7 Å². The minimum atomic E-state index is -0.245. The van der Waals surface area contributed by atoms with Crippen LogP contribution in [0.25, 0.3) is 11.3 Å².